The normalized spacial score (nSPS) is 21.1. The molecular formula is C25H34N6O3. The number of aromatic amines is 2. The van der Waals surface area contributed by atoms with Crippen LogP contribution >= 0.6 is 0 Å². The van der Waals surface area contributed by atoms with Crippen LogP contribution in [-0.4, -0.2) is 82.1 Å². The molecule has 0 bridgehead atoms. The van der Waals surface area contributed by atoms with Gasteiger partial charge in [-0.05, 0) is 49.8 Å². The molecule has 0 unspecified atom stereocenters. The lowest BCUT2D eigenvalue weighted by Crippen LogP contribution is -2.48. The number of ether oxygens (including phenoxy) is 1. The standard InChI is InChI=1S/C25H34N6O3/c1-4-16-5-6-19-18(10-16)24(29-28-19)25-26-20-9-15(2)22(11-21(20)27-25)30(3)23(33)13-31-7-8-34-17(12-31)14-32/h9,11,16-17,32H,4-8,10,12-14H2,1-3H3,(H,26,27)(H,28,29)/t16-,17-/m0/s1. The van der Waals surface area contributed by atoms with Gasteiger partial charge in [0, 0.05) is 37.1 Å². The first-order valence-corrected chi connectivity index (χ1v) is 12.2. The number of likely N-dealkylation sites (N-methyl/N-ethyl adjacent to an activating group) is 1. The van der Waals surface area contributed by atoms with E-state index in [0.717, 1.165) is 46.6 Å². The number of anilines is 1. The molecule has 3 aromatic rings. The molecule has 0 saturated carbocycles. The number of H-pyrrole nitrogens is 2. The van der Waals surface area contributed by atoms with E-state index < -0.39 is 0 Å². The van der Waals surface area contributed by atoms with Crippen LogP contribution in [0.1, 0.15) is 36.6 Å². The molecule has 1 fully saturated rings. The van der Waals surface area contributed by atoms with Gasteiger partial charge >= 0.3 is 0 Å². The highest BCUT2D eigenvalue weighted by Gasteiger charge is 2.26. The second kappa shape index (κ2) is 9.48. The molecule has 2 aliphatic rings. The zero-order valence-corrected chi connectivity index (χ0v) is 20.2. The van der Waals surface area contributed by atoms with Gasteiger partial charge in [0.1, 0.15) is 5.69 Å². The maximum absolute atomic E-state index is 13.0. The Bertz CT molecular complexity index is 1180. The predicted molar refractivity (Wildman–Crippen MR) is 131 cm³/mol. The fourth-order valence-electron chi connectivity index (χ4n) is 5.21. The minimum absolute atomic E-state index is 0.00350. The van der Waals surface area contributed by atoms with Crippen molar-refractivity contribution in [2.45, 2.75) is 45.6 Å². The third-order valence-corrected chi connectivity index (χ3v) is 7.37. The lowest BCUT2D eigenvalue weighted by molar-refractivity contribution is -0.122. The van der Waals surface area contributed by atoms with Gasteiger partial charge < -0.3 is 19.7 Å². The molecule has 9 nitrogen and oxygen atoms in total. The number of carbonyl (C=O) groups is 1. The van der Waals surface area contributed by atoms with Gasteiger partial charge in [0.05, 0.1) is 36.9 Å². The molecule has 1 amide bonds. The summed E-state index contributed by atoms with van der Waals surface area (Å²) in [6.07, 6.45) is 4.24. The third kappa shape index (κ3) is 4.35. The number of aromatic nitrogens is 4. The second-order valence-electron chi connectivity index (χ2n) is 9.65. The lowest BCUT2D eigenvalue weighted by Gasteiger charge is -2.32. The van der Waals surface area contributed by atoms with Crippen molar-refractivity contribution >= 4 is 22.6 Å². The molecule has 34 heavy (non-hydrogen) atoms. The summed E-state index contributed by atoms with van der Waals surface area (Å²) in [5.41, 5.74) is 7.04. The topological polar surface area (TPSA) is 110 Å². The number of imidazole rings is 1. The summed E-state index contributed by atoms with van der Waals surface area (Å²) in [4.78, 5) is 25.1. The average molecular weight is 467 g/mol. The molecule has 1 aliphatic heterocycles. The number of aliphatic hydroxyl groups is 1. The van der Waals surface area contributed by atoms with E-state index in [1.54, 1.807) is 4.90 Å². The van der Waals surface area contributed by atoms with E-state index >= 15 is 0 Å². The van der Waals surface area contributed by atoms with E-state index in [1.807, 2.05) is 24.9 Å². The number of nitrogens with one attached hydrogen (secondary N) is 2. The van der Waals surface area contributed by atoms with E-state index in [0.29, 0.717) is 25.6 Å². The molecule has 2 aromatic heterocycles. The van der Waals surface area contributed by atoms with Crippen LogP contribution in [0.25, 0.3) is 22.6 Å². The van der Waals surface area contributed by atoms with Crippen molar-refractivity contribution in [3.05, 3.63) is 29.0 Å². The van der Waals surface area contributed by atoms with Crippen molar-refractivity contribution in [1.82, 2.24) is 25.1 Å². The van der Waals surface area contributed by atoms with E-state index in [2.05, 4.69) is 28.2 Å². The first-order chi connectivity index (χ1) is 16.5. The van der Waals surface area contributed by atoms with E-state index in [-0.39, 0.29) is 25.2 Å². The zero-order chi connectivity index (χ0) is 23.8. The van der Waals surface area contributed by atoms with Gasteiger partial charge in [-0.25, -0.2) is 4.98 Å². The van der Waals surface area contributed by atoms with Crippen LogP contribution < -0.4 is 4.90 Å². The fraction of sp³-hybridized carbons (Fsp3) is 0.560. The van der Waals surface area contributed by atoms with Crippen LogP contribution in [0.5, 0.6) is 0 Å². The summed E-state index contributed by atoms with van der Waals surface area (Å²) < 4.78 is 5.50. The van der Waals surface area contributed by atoms with E-state index in [4.69, 9.17) is 9.72 Å². The van der Waals surface area contributed by atoms with Crippen LogP contribution in [0, 0.1) is 12.8 Å². The predicted octanol–water partition coefficient (Wildman–Crippen LogP) is 2.43. The summed E-state index contributed by atoms with van der Waals surface area (Å²) in [6.45, 7) is 6.29. The number of aryl methyl sites for hydroxylation is 2. The van der Waals surface area contributed by atoms with Crippen LogP contribution in [-0.2, 0) is 22.4 Å². The maximum Gasteiger partial charge on any atom is 0.240 e. The summed E-state index contributed by atoms with van der Waals surface area (Å²) in [6, 6.07) is 4.03. The number of amides is 1. The second-order valence-corrected chi connectivity index (χ2v) is 9.65. The molecule has 3 heterocycles. The van der Waals surface area contributed by atoms with Gasteiger partial charge in [0.15, 0.2) is 5.82 Å². The number of hydrogen-bond acceptors (Lipinski definition) is 6. The van der Waals surface area contributed by atoms with Crippen molar-refractivity contribution in [3.63, 3.8) is 0 Å². The van der Waals surface area contributed by atoms with E-state index in [9.17, 15) is 9.90 Å². The Balaban J connectivity index is 1.38. The van der Waals surface area contributed by atoms with Crippen molar-refractivity contribution in [3.8, 4) is 11.5 Å². The zero-order valence-electron chi connectivity index (χ0n) is 20.2. The number of aliphatic hydroxyl groups excluding tert-OH is 1. The van der Waals surface area contributed by atoms with Crippen molar-refractivity contribution in [2.24, 2.45) is 5.92 Å². The lowest BCUT2D eigenvalue weighted by atomic mass is 9.85. The number of benzene rings is 1. The van der Waals surface area contributed by atoms with Gasteiger partial charge in [-0.1, -0.05) is 13.3 Å². The van der Waals surface area contributed by atoms with Gasteiger partial charge in [0.2, 0.25) is 5.91 Å². The first kappa shape index (κ1) is 23.0. The van der Waals surface area contributed by atoms with Crippen molar-refractivity contribution in [1.29, 1.82) is 0 Å². The minimum Gasteiger partial charge on any atom is -0.394 e. The molecule has 1 aliphatic carbocycles. The number of fused-ring (bicyclic) bond motifs is 2. The van der Waals surface area contributed by atoms with Crippen molar-refractivity contribution in [2.75, 3.05) is 44.8 Å². The Labute approximate surface area is 199 Å². The van der Waals surface area contributed by atoms with Crippen LogP contribution in [0.3, 0.4) is 0 Å². The largest absolute Gasteiger partial charge is 0.394 e. The SMILES string of the molecule is CC[C@H]1CCc2[nH]nc(-c3nc4cc(N(C)C(=O)CN5CCO[C@H](CO)C5)c(C)cc4[nH]3)c2C1. The van der Waals surface area contributed by atoms with Crippen LogP contribution in [0.2, 0.25) is 0 Å². The molecule has 0 spiro atoms. The molecule has 9 heteroatoms. The molecule has 3 N–H and O–H groups in total. The smallest absolute Gasteiger partial charge is 0.240 e. The van der Waals surface area contributed by atoms with Gasteiger partial charge in [0.25, 0.3) is 0 Å². The van der Waals surface area contributed by atoms with Gasteiger partial charge in [-0.3, -0.25) is 14.8 Å². The molecule has 1 saturated heterocycles. The molecule has 182 valence electrons. The highest BCUT2D eigenvalue weighted by molar-refractivity contribution is 5.97. The summed E-state index contributed by atoms with van der Waals surface area (Å²) >= 11 is 0. The van der Waals surface area contributed by atoms with Crippen LogP contribution in [0.15, 0.2) is 12.1 Å². The number of hydrogen-bond donors (Lipinski definition) is 3. The first-order valence-electron chi connectivity index (χ1n) is 12.2. The summed E-state index contributed by atoms with van der Waals surface area (Å²) in [5.74, 6) is 1.47. The number of rotatable bonds is 6. The minimum atomic E-state index is -0.229. The maximum atomic E-state index is 13.0. The summed E-state index contributed by atoms with van der Waals surface area (Å²) in [5, 5.41) is 17.2. The Morgan fingerprint density at radius 3 is 3.03 bits per heavy atom. The number of nitrogens with zero attached hydrogens (tertiary/aromatic N) is 4. The average Bonchev–Trinajstić information content (AvgIpc) is 3.45. The van der Waals surface area contributed by atoms with Gasteiger partial charge in [-0.15, -0.1) is 0 Å². The molecular weight excluding hydrogens is 432 g/mol. The molecule has 5 rings (SSSR count). The highest BCUT2D eigenvalue weighted by Crippen LogP contribution is 2.34. The van der Waals surface area contributed by atoms with E-state index in [1.165, 1.54) is 24.1 Å². The monoisotopic (exact) mass is 466 g/mol. The van der Waals surface area contributed by atoms with Gasteiger partial charge in [-0.2, -0.15) is 5.10 Å². The molecule has 0 radical (unpaired) electrons. The Morgan fingerprint density at radius 2 is 2.24 bits per heavy atom. The Kier molecular flexibility index (Phi) is 6.42. The summed E-state index contributed by atoms with van der Waals surface area (Å²) in [7, 11) is 1.81. The number of morpholine rings is 1. The van der Waals surface area contributed by atoms with Crippen molar-refractivity contribution < 1.29 is 14.6 Å². The Hall–Kier alpha value is -2.75. The number of carbonyl (C=O) groups excluding carboxylic acids is 1. The molecule has 1 aromatic carbocycles. The quantitative estimate of drug-likeness (QED) is 0.515. The highest BCUT2D eigenvalue weighted by atomic mass is 16.5. The third-order valence-electron chi connectivity index (χ3n) is 7.37. The fourth-order valence-corrected chi connectivity index (χ4v) is 5.21. The molecule has 2 atom stereocenters. The Morgan fingerprint density at radius 1 is 1.38 bits per heavy atom. The van der Waals surface area contributed by atoms with Crippen LogP contribution in [0.4, 0.5) is 5.69 Å².